The monoisotopic (exact) mass is 282 g/mol. The number of hydrogen-bond acceptors (Lipinski definition) is 3. The zero-order valence-electron chi connectivity index (χ0n) is 11.9. The number of carboxylic acids is 1. The third-order valence-corrected chi connectivity index (χ3v) is 2.91. The topological polar surface area (TPSA) is 96.3 Å². The maximum absolute atomic E-state index is 11.6. The van der Waals surface area contributed by atoms with Gasteiger partial charge in [0.2, 0.25) is 0 Å². The first-order chi connectivity index (χ1) is 9.50. The number of aryl methyl sites for hydroxylation is 1. The smallest absolute Gasteiger partial charge is 0.326 e. The summed E-state index contributed by atoms with van der Waals surface area (Å²) in [5.74, 6) is -1.17. The molecule has 7 heteroatoms. The Hall–Kier alpha value is -2.05. The Kier molecular flexibility index (Phi) is 6.55. The summed E-state index contributed by atoms with van der Waals surface area (Å²) in [6.45, 7) is 4.88. The summed E-state index contributed by atoms with van der Waals surface area (Å²) in [6.07, 6.45) is 7.11. The van der Waals surface area contributed by atoms with Gasteiger partial charge in [0.05, 0.1) is 6.33 Å². The maximum Gasteiger partial charge on any atom is 0.326 e. The lowest BCUT2D eigenvalue weighted by Crippen LogP contribution is -2.48. The fourth-order valence-electron chi connectivity index (χ4n) is 1.75. The largest absolute Gasteiger partial charge is 0.480 e. The Morgan fingerprint density at radius 2 is 2.10 bits per heavy atom. The Morgan fingerprint density at radius 3 is 2.65 bits per heavy atom. The Bertz CT molecular complexity index is 417. The molecule has 0 aliphatic heterocycles. The molecule has 1 atom stereocenters. The molecule has 0 fully saturated rings. The highest BCUT2D eigenvalue weighted by atomic mass is 16.4. The van der Waals surface area contributed by atoms with E-state index in [-0.39, 0.29) is 5.92 Å². The lowest BCUT2D eigenvalue weighted by molar-refractivity contribution is -0.140. The van der Waals surface area contributed by atoms with E-state index in [2.05, 4.69) is 15.6 Å². The normalized spacial score (nSPS) is 12.2. The minimum absolute atomic E-state index is 0.153. The summed E-state index contributed by atoms with van der Waals surface area (Å²) in [5.41, 5.74) is 0. The zero-order valence-corrected chi connectivity index (χ0v) is 11.9. The molecule has 0 radical (unpaired) electrons. The van der Waals surface area contributed by atoms with Crippen LogP contribution in [0.4, 0.5) is 4.79 Å². The highest BCUT2D eigenvalue weighted by molar-refractivity contribution is 5.82. The number of aliphatic carboxylic acids is 1. The minimum atomic E-state index is -1.02. The fourth-order valence-corrected chi connectivity index (χ4v) is 1.75. The molecule has 3 N–H and O–H groups in total. The molecule has 1 aromatic rings. The number of carbonyl (C=O) groups is 2. The number of amides is 2. The van der Waals surface area contributed by atoms with Crippen molar-refractivity contribution in [3.63, 3.8) is 0 Å². The standard InChI is InChI=1S/C13H22N4O3/c1-10(2)11(12(18)19)16-13(20)15-5-3-4-7-17-8-6-14-9-17/h6,8-11H,3-5,7H2,1-2H3,(H,18,19)(H2,15,16,20). The number of unbranched alkanes of at least 4 members (excludes halogenated alkanes) is 1. The minimum Gasteiger partial charge on any atom is -0.480 e. The first kappa shape index (κ1) is 16.0. The van der Waals surface area contributed by atoms with Crippen molar-refractivity contribution in [1.82, 2.24) is 20.2 Å². The van der Waals surface area contributed by atoms with Gasteiger partial charge in [0.15, 0.2) is 0 Å². The Balaban J connectivity index is 2.14. The van der Waals surface area contributed by atoms with E-state index in [4.69, 9.17) is 5.11 Å². The van der Waals surface area contributed by atoms with E-state index in [1.165, 1.54) is 0 Å². The van der Waals surface area contributed by atoms with Crippen molar-refractivity contribution in [3.8, 4) is 0 Å². The van der Waals surface area contributed by atoms with Gasteiger partial charge in [-0.2, -0.15) is 0 Å². The van der Waals surface area contributed by atoms with Gasteiger partial charge in [0.25, 0.3) is 0 Å². The van der Waals surface area contributed by atoms with E-state index in [0.717, 1.165) is 19.4 Å². The highest BCUT2D eigenvalue weighted by Crippen LogP contribution is 2.01. The van der Waals surface area contributed by atoms with Crippen LogP contribution in [-0.4, -0.2) is 39.2 Å². The molecule has 0 saturated heterocycles. The Labute approximate surface area is 118 Å². The van der Waals surface area contributed by atoms with E-state index in [0.29, 0.717) is 6.54 Å². The third kappa shape index (κ3) is 5.73. The van der Waals surface area contributed by atoms with Gasteiger partial charge in [-0.3, -0.25) is 0 Å². The van der Waals surface area contributed by atoms with Crippen molar-refractivity contribution in [2.24, 2.45) is 5.92 Å². The van der Waals surface area contributed by atoms with Crippen molar-refractivity contribution < 1.29 is 14.7 Å². The molecule has 2 amide bonds. The fraction of sp³-hybridized carbons (Fsp3) is 0.615. The van der Waals surface area contributed by atoms with Crippen LogP contribution in [0.1, 0.15) is 26.7 Å². The highest BCUT2D eigenvalue weighted by Gasteiger charge is 2.22. The quantitative estimate of drug-likeness (QED) is 0.621. The second-order valence-electron chi connectivity index (χ2n) is 4.97. The van der Waals surface area contributed by atoms with Crippen LogP contribution in [0.25, 0.3) is 0 Å². The Morgan fingerprint density at radius 1 is 1.35 bits per heavy atom. The number of nitrogens with zero attached hydrogens (tertiary/aromatic N) is 2. The molecule has 1 unspecified atom stereocenters. The summed E-state index contributed by atoms with van der Waals surface area (Å²) < 4.78 is 1.97. The number of aromatic nitrogens is 2. The second kappa shape index (κ2) is 8.19. The molecule has 112 valence electrons. The van der Waals surface area contributed by atoms with Crippen molar-refractivity contribution in [3.05, 3.63) is 18.7 Å². The molecule has 20 heavy (non-hydrogen) atoms. The summed E-state index contributed by atoms with van der Waals surface area (Å²) in [6, 6.07) is -1.30. The molecule has 0 saturated carbocycles. The van der Waals surface area contributed by atoms with Gasteiger partial charge in [-0.05, 0) is 18.8 Å². The molecule has 0 aromatic carbocycles. The van der Waals surface area contributed by atoms with E-state index in [1.807, 2.05) is 10.8 Å². The third-order valence-electron chi connectivity index (χ3n) is 2.91. The average molecular weight is 282 g/mol. The number of rotatable bonds is 8. The van der Waals surface area contributed by atoms with E-state index in [1.54, 1.807) is 26.4 Å². The average Bonchev–Trinajstić information content (AvgIpc) is 2.88. The van der Waals surface area contributed by atoms with Gasteiger partial charge in [-0.1, -0.05) is 13.8 Å². The zero-order chi connectivity index (χ0) is 15.0. The molecule has 1 aromatic heterocycles. The van der Waals surface area contributed by atoms with Crippen molar-refractivity contribution >= 4 is 12.0 Å². The lowest BCUT2D eigenvalue weighted by atomic mass is 10.1. The van der Waals surface area contributed by atoms with Crippen LogP contribution in [0.15, 0.2) is 18.7 Å². The van der Waals surface area contributed by atoms with Crippen molar-refractivity contribution in [1.29, 1.82) is 0 Å². The number of imidazole rings is 1. The number of carbonyl (C=O) groups excluding carboxylic acids is 1. The van der Waals surface area contributed by atoms with Gasteiger partial charge >= 0.3 is 12.0 Å². The van der Waals surface area contributed by atoms with Crippen LogP contribution in [0.3, 0.4) is 0 Å². The summed E-state index contributed by atoms with van der Waals surface area (Å²) in [5, 5.41) is 14.1. The van der Waals surface area contributed by atoms with Crippen LogP contribution >= 0.6 is 0 Å². The number of nitrogens with one attached hydrogen (secondary N) is 2. The summed E-state index contributed by atoms with van der Waals surface area (Å²) in [4.78, 5) is 26.4. The number of hydrogen-bond donors (Lipinski definition) is 3. The van der Waals surface area contributed by atoms with E-state index in [9.17, 15) is 9.59 Å². The first-order valence-electron chi connectivity index (χ1n) is 6.73. The van der Waals surface area contributed by atoms with Gasteiger partial charge in [-0.25, -0.2) is 14.6 Å². The summed E-state index contributed by atoms with van der Waals surface area (Å²) in [7, 11) is 0. The first-order valence-corrected chi connectivity index (χ1v) is 6.73. The lowest BCUT2D eigenvalue weighted by Gasteiger charge is -2.18. The van der Waals surface area contributed by atoms with Crippen LogP contribution in [0.2, 0.25) is 0 Å². The number of urea groups is 1. The van der Waals surface area contributed by atoms with Crippen LogP contribution in [-0.2, 0) is 11.3 Å². The molecule has 0 spiro atoms. The molecule has 0 aliphatic carbocycles. The maximum atomic E-state index is 11.6. The molecule has 1 heterocycles. The van der Waals surface area contributed by atoms with Gasteiger partial charge in [0.1, 0.15) is 6.04 Å². The molecule has 1 rings (SSSR count). The van der Waals surface area contributed by atoms with E-state index >= 15 is 0 Å². The predicted molar refractivity (Wildman–Crippen MR) is 74.3 cm³/mol. The molecule has 0 aliphatic rings. The number of carboxylic acid groups (broad SMARTS) is 1. The molecular formula is C13H22N4O3. The van der Waals surface area contributed by atoms with Crippen LogP contribution in [0, 0.1) is 5.92 Å². The van der Waals surface area contributed by atoms with Crippen molar-refractivity contribution in [2.45, 2.75) is 39.3 Å². The molecule has 7 nitrogen and oxygen atoms in total. The predicted octanol–water partition coefficient (Wildman–Crippen LogP) is 1.07. The van der Waals surface area contributed by atoms with Gasteiger partial charge in [-0.15, -0.1) is 0 Å². The molecule has 0 bridgehead atoms. The van der Waals surface area contributed by atoms with Crippen LogP contribution in [0.5, 0.6) is 0 Å². The van der Waals surface area contributed by atoms with E-state index < -0.39 is 18.0 Å². The van der Waals surface area contributed by atoms with Crippen molar-refractivity contribution in [2.75, 3.05) is 6.54 Å². The second-order valence-corrected chi connectivity index (χ2v) is 4.97. The van der Waals surface area contributed by atoms with Gasteiger partial charge in [0, 0.05) is 25.5 Å². The van der Waals surface area contributed by atoms with Crippen LogP contribution < -0.4 is 10.6 Å². The summed E-state index contributed by atoms with van der Waals surface area (Å²) >= 11 is 0. The van der Waals surface area contributed by atoms with Gasteiger partial charge < -0.3 is 20.3 Å². The SMILES string of the molecule is CC(C)C(NC(=O)NCCCCn1ccnc1)C(=O)O. The molecular weight excluding hydrogens is 260 g/mol.